The number of ether oxygens (including phenoxy) is 1. The van der Waals surface area contributed by atoms with E-state index in [-0.39, 0.29) is 18.4 Å². The molecule has 0 aliphatic carbocycles. The first-order valence-corrected chi connectivity index (χ1v) is 12.3. The van der Waals surface area contributed by atoms with E-state index < -0.39 is 30.3 Å². The normalized spacial score (nSPS) is 14.6. The Morgan fingerprint density at radius 3 is 2.48 bits per heavy atom. The number of alkyl halides is 1. The van der Waals surface area contributed by atoms with Gasteiger partial charge in [0.05, 0.1) is 23.3 Å². The van der Waals surface area contributed by atoms with E-state index >= 15 is 0 Å². The second-order valence-corrected chi connectivity index (χ2v) is 9.97. The van der Waals surface area contributed by atoms with Crippen molar-refractivity contribution in [3.8, 4) is 12.1 Å². The lowest BCUT2D eigenvalue weighted by atomic mass is 9.95. The lowest BCUT2D eigenvalue weighted by Gasteiger charge is -2.34. The maximum atomic E-state index is 13.5. The molecule has 0 saturated carbocycles. The van der Waals surface area contributed by atoms with Crippen LogP contribution >= 0.6 is 0 Å². The number of rotatable bonds is 6. The maximum Gasteiger partial charge on any atom is 0.408 e. The van der Waals surface area contributed by atoms with Crippen molar-refractivity contribution in [2.24, 2.45) is 0 Å². The van der Waals surface area contributed by atoms with Gasteiger partial charge in [-0.15, -0.1) is 5.10 Å². The van der Waals surface area contributed by atoms with Crippen LogP contribution in [0.5, 0.6) is 0 Å². The SMILES string of the molecule is CC1=C(C#N)[C@@H](c2ccc(C#N)cc2)n2nc(NC(=O)CNC(=O)OC(C)(C)C)nc2N1c1cccc(CF)c1. The Morgan fingerprint density at radius 1 is 1.12 bits per heavy atom. The molecule has 1 aromatic heterocycles. The van der Waals surface area contributed by atoms with E-state index in [0.717, 1.165) is 0 Å². The Labute approximate surface area is 230 Å². The molecule has 2 amide bonds. The zero-order valence-corrected chi connectivity index (χ0v) is 22.4. The third-order valence-corrected chi connectivity index (χ3v) is 5.90. The van der Waals surface area contributed by atoms with Crippen molar-refractivity contribution in [2.75, 3.05) is 16.8 Å². The van der Waals surface area contributed by atoms with E-state index in [0.29, 0.717) is 33.6 Å². The Hall–Kier alpha value is -5.23. The third kappa shape index (κ3) is 5.92. The average Bonchev–Trinajstić information content (AvgIpc) is 3.32. The topological polar surface area (TPSA) is 149 Å². The maximum absolute atomic E-state index is 13.5. The molecule has 0 radical (unpaired) electrons. The number of alkyl carbamates (subject to hydrolysis) is 1. The minimum atomic E-state index is -0.752. The molecule has 4 rings (SSSR count). The molecule has 2 heterocycles. The number of carbonyl (C=O) groups excluding carboxylic acids is 2. The number of nitrogens with one attached hydrogen (secondary N) is 2. The minimum absolute atomic E-state index is 0.0664. The summed E-state index contributed by atoms with van der Waals surface area (Å²) >= 11 is 0. The summed E-state index contributed by atoms with van der Waals surface area (Å²) in [4.78, 5) is 30.8. The number of carbonyl (C=O) groups is 2. The van der Waals surface area contributed by atoms with Crippen molar-refractivity contribution in [3.63, 3.8) is 0 Å². The highest BCUT2D eigenvalue weighted by atomic mass is 19.1. The number of hydrogen-bond donors (Lipinski definition) is 2. The van der Waals surface area contributed by atoms with Gasteiger partial charge in [0.2, 0.25) is 11.9 Å². The number of allylic oxidation sites excluding steroid dienone is 2. The molecule has 2 N–H and O–H groups in total. The highest BCUT2D eigenvalue weighted by Crippen LogP contribution is 2.42. The molecule has 0 fully saturated rings. The minimum Gasteiger partial charge on any atom is -0.444 e. The first-order chi connectivity index (χ1) is 19.0. The van der Waals surface area contributed by atoms with Crippen LogP contribution in [0.3, 0.4) is 0 Å². The second kappa shape index (κ2) is 11.3. The van der Waals surface area contributed by atoms with E-state index in [1.165, 1.54) is 4.68 Å². The third-order valence-electron chi connectivity index (χ3n) is 5.90. The van der Waals surface area contributed by atoms with Crippen LogP contribution in [0.1, 0.15) is 50.4 Å². The predicted molar refractivity (Wildman–Crippen MR) is 144 cm³/mol. The number of anilines is 3. The van der Waals surface area contributed by atoms with Gasteiger partial charge in [-0.25, -0.2) is 13.9 Å². The molecule has 12 heteroatoms. The quantitative estimate of drug-likeness (QED) is 0.458. The number of nitrogens with zero attached hydrogens (tertiary/aromatic N) is 6. The number of aromatic nitrogens is 3. The molecule has 1 atom stereocenters. The summed E-state index contributed by atoms with van der Waals surface area (Å²) in [5.41, 5.74) is 2.27. The number of hydrogen-bond acceptors (Lipinski definition) is 8. The van der Waals surface area contributed by atoms with Gasteiger partial charge < -0.3 is 10.1 Å². The fourth-order valence-electron chi connectivity index (χ4n) is 4.20. The molecule has 40 heavy (non-hydrogen) atoms. The van der Waals surface area contributed by atoms with Crippen LogP contribution in [0.4, 0.5) is 26.8 Å². The van der Waals surface area contributed by atoms with Crippen molar-refractivity contribution in [2.45, 2.75) is 46.0 Å². The first kappa shape index (κ1) is 27.8. The van der Waals surface area contributed by atoms with Crippen molar-refractivity contribution < 1.29 is 18.7 Å². The van der Waals surface area contributed by atoms with E-state index in [1.807, 2.05) is 0 Å². The summed E-state index contributed by atoms with van der Waals surface area (Å²) in [6.07, 6.45) is -0.752. The molecule has 3 aromatic rings. The van der Waals surface area contributed by atoms with Gasteiger partial charge in [0, 0.05) is 11.4 Å². The number of halogens is 1. The van der Waals surface area contributed by atoms with Crippen LogP contribution in [0.25, 0.3) is 0 Å². The van der Waals surface area contributed by atoms with Crippen LogP contribution < -0.4 is 15.5 Å². The molecule has 1 aliphatic heterocycles. The van der Waals surface area contributed by atoms with Gasteiger partial charge in [0.1, 0.15) is 24.9 Å². The summed E-state index contributed by atoms with van der Waals surface area (Å²) in [6.45, 7) is 5.80. The summed E-state index contributed by atoms with van der Waals surface area (Å²) in [7, 11) is 0. The van der Waals surface area contributed by atoms with Crippen molar-refractivity contribution in [3.05, 3.63) is 76.5 Å². The zero-order chi connectivity index (χ0) is 29.0. The summed E-state index contributed by atoms with van der Waals surface area (Å²) in [5.74, 6) is -0.388. The number of fused-ring (bicyclic) bond motifs is 1. The molecule has 0 unspecified atom stereocenters. The lowest BCUT2D eigenvalue weighted by Crippen LogP contribution is -2.37. The fourth-order valence-corrected chi connectivity index (χ4v) is 4.20. The van der Waals surface area contributed by atoms with Gasteiger partial charge in [0.15, 0.2) is 0 Å². The van der Waals surface area contributed by atoms with Crippen LogP contribution in [-0.2, 0) is 16.2 Å². The van der Waals surface area contributed by atoms with Gasteiger partial charge in [-0.05, 0) is 63.1 Å². The summed E-state index contributed by atoms with van der Waals surface area (Å²) in [5, 5.41) is 28.9. The Kier molecular flexibility index (Phi) is 7.82. The molecule has 0 spiro atoms. The van der Waals surface area contributed by atoms with E-state index in [2.05, 4.69) is 32.9 Å². The summed E-state index contributed by atoms with van der Waals surface area (Å²) < 4.78 is 20.1. The predicted octanol–water partition coefficient (Wildman–Crippen LogP) is 4.62. The highest BCUT2D eigenvalue weighted by molar-refractivity contribution is 5.92. The molecule has 204 valence electrons. The Bertz CT molecular complexity index is 1560. The lowest BCUT2D eigenvalue weighted by molar-refractivity contribution is -0.115. The number of benzene rings is 2. The monoisotopic (exact) mass is 542 g/mol. The smallest absolute Gasteiger partial charge is 0.408 e. The second-order valence-electron chi connectivity index (χ2n) is 9.97. The van der Waals surface area contributed by atoms with Crippen LogP contribution in [0, 0.1) is 22.7 Å². The van der Waals surface area contributed by atoms with Crippen molar-refractivity contribution in [1.82, 2.24) is 20.1 Å². The molecular formula is C28H27FN8O3. The van der Waals surface area contributed by atoms with E-state index in [1.54, 1.807) is 81.1 Å². The standard InChI is InChI=1S/C28H27FN8O3/c1-17-22(15-31)24(20-10-8-18(14-30)9-11-20)37-26(36(17)21-7-5-6-19(12-21)13-29)34-25(35-37)33-23(38)16-32-27(39)40-28(2,3)4/h5-12,24H,13,16H2,1-4H3,(H,32,39)(H,33,35,38)/t24-/m1/s1. The van der Waals surface area contributed by atoms with Crippen LogP contribution in [0.15, 0.2) is 59.8 Å². The van der Waals surface area contributed by atoms with Gasteiger partial charge in [0.25, 0.3) is 5.95 Å². The summed E-state index contributed by atoms with van der Waals surface area (Å²) in [6, 6.07) is 17.1. The van der Waals surface area contributed by atoms with Gasteiger partial charge in [-0.1, -0.05) is 24.3 Å². The molecule has 0 bridgehead atoms. The first-order valence-electron chi connectivity index (χ1n) is 12.3. The highest BCUT2D eigenvalue weighted by Gasteiger charge is 2.36. The number of nitriles is 2. The van der Waals surface area contributed by atoms with Gasteiger partial charge in [-0.3, -0.25) is 15.0 Å². The molecule has 11 nitrogen and oxygen atoms in total. The van der Waals surface area contributed by atoms with E-state index in [4.69, 9.17) is 4.74 Å². The van der Waals surface area contributed by atoms with Gasteiger partial charge in [-0.2, -0.15) is 15.5 Å². The zero-order valence-electron chi connectivity index (χ0n) is 22.4. The van der Waals surface area contributed by atoms with E-state index in [9.17, 15) is 24.5 Å². The average molecular weight is 543 g/mol. The Morgan fingerprint density at radius 2 is 1.85 bits per heavy atom. The Balaban J connectivity index is 1.73. The molecule has 2 aromatic carbocycles. The fraction of sp³-hybridized carbons (Fsp3) is 0.286. The van der Waals surface area contributed by atoms with Crippen LogP contribution in [-0.4, -0.2) is 38.9 Å². The number of amides is 2. The van der Waals surface area contributed by atoms with Crippen molar-refractivity contribution >= 4 is 29.6 Å². The molecule has 1 aliphatic rings. The largest absolute Gasteiger partial charge is 0.444 e. The van der Waals surface area contributed by atoms with Crippen molar-refractivity contribution in [1.29, 1.82) is 10.5 Å². The van der Waals surface area contributed by atoms with Gasteiger partial charge >= 0.3 is 6.09 Å². The molecular weight excluding hydrogens is 515 g/mol. The molecule has 0 saturated heterocycles. The van der Waals surface area contributed by atoms with Crippen LogP contribution in [0.2, 0.25) is 0 Å².